The third-order valence-corrected chi connectivity index (χ3v) is 0. The minimum Gasteiger partial charge on any atom is -2.00 e. The smallest absolute Gasteiger partial charge is 1.00 e. The molecule has 0 aliphatic heterocycles. The van der Waals surface area contributed by atoms with E-state index >= 15 is 0 Å². The Hall–Kier alpha value is 3.62. The van der Waals surface area contributed by atoms with E-state index in [9.17, 15) is 0 Å². The van der Waals surface area contributed by atoms with Crippen LogP contribution in [-0.2, 0) is 13.5 Å². The number of rotatable bonds is 0. The molecule has 0 aliphatic carbocycles. The van der Waals surface area contributed by atoms with Gasteiger partial charge in [0.2, 0.25) is 0 Å². The maximum atomic E-state index is 8.56. The topological polar surface area (TPSA) is 57.5 Å². The van der Waals surface area contributed by atoms with E-state index in [0.29, 0.717) is 0 Å². The monoisotopic (exact) mass is 186 g/mol. The van der Waals surface area contributed by atoms with E-state index < -0.39 is 6.16 Å². The second-order valence-electron chi connectivity index (χ2n) is 0.283. The average molecular weight is 186 g/mol. The summed E-state index contributed by atoms with van der Waals surface area (Å²) in [4.78, 5) is 8.56. The van der Waals surface area contributed by atoms with Gasteiger partial charge in [-0.15, -0.1) is 0 Å². The quantitative estimate of drug-likeness (QED) is 0.369. The van der Waals surface area contributed by atoms with E-state index in [0.717, 1.165) is 0 Å². The molecule has 3 nitrogen and oxygen atoms in total. The molecule has 2 N–H and O–H groups in total. The Balaban J connectivity index is -0.00000000450. The molecule has 0 aliphatic rings. The molecule has 0 unspecified atom stereocenters. The van der Waals surface area contributed by atoms with Gasteiger partial charge in [0.1, 0.15) is 0 Å². The van der Waals surface area contributed by atoms with E-state index in [1.165, 1.54) is 0 Å². The van der Waals surface area contributed by atoms with Crippen LogP contribution in [0.1, 0.15) is 0 Å². The summed E-state index contributed by atoms with van der Waals surface area (Å²) in [5.41, 5.74) is 0. The Morgan fingerprint density at radius 1 is 0.889 bits per heavy atom. The maximum Gasteiger partial charge on any atom is 1.00 e. The maximum absolute atomic E-state index is 8.56. The summed E-state index contributed by atoms with van der Waals surface area (Å²) in [6.07, 6.45) is -1.83. The molecule has 0 bridgehead atoms. The van der Waals surface area contributed by atoms with Crippen LogP contribution >= 0.6 is 0 Å². The van der Waals surface area contributed by atoms with Gasteiger partial charge < -0.3 is 23.7 Å². The van der Waals surface area contributed by atoms with Gasteiger partial charge in [-0.3, -0.25) is 0 Å². The number of carbonyl (C=O) groups is 1. The van der Waals surface area contributed by atoms with E-state index in [1.54, 1.807) is 0 Å². The van der Waals surface area contributed by atoms with Crippen LogP contribution in [0.5, 0.6) is 0 Å². The molecule has 0 aromatic rings. The normalized spacial score (nSPS) is 2.67. The van der Waals surface area contributed by atoms with E-state index in [1.807, 2.05) is 0 Å². The van der Waals surface area contributed by atoms with Crippen LogP contribution in [0.25, 0.3) is 0 Å². The fourth-order valence-electron chi connectivity index (χ4n) is 0. The molecule has 0 aromatic heterocycles. The fourth-order valence-corrected chi connectivity index (χ4v) is 0. The van der Waals surface area contributed by atoms with Gasteiger partial charge in [-0.25, -0.2) is 4.79 Å². The van der Waals surface area contributed by atoms with Crippen LogP contribution in [0.4, 0.5) is 4.79 Å². The molecule has 0 fully saturated rings. The van der Waals surface area contributed by atoms with Gasteiger partial charge in [-0.05, 0) is 0 Å². The van der Waals surface area contributed by atoms with Crippen LogP contribution in [0, 0.1) is 0 Å². The molecule has 0 radical (unpaired) electrons. The van der Waals surface area contributed by atoms with Crippen molar-refractivity contribution in [1.29, 1.82) is 0 Å². The Morgan fingerprint density at radius 2 is 0.889 bits per heavy atom. The zero-order valence-electron chi connectivity index (χ0n) is 6.21. The van der Waals surface area contributed by atoms with Gasteiger partial charge >= 0.3 is 124 Å². The van der Waals surface area contributed by atoms with Crippen molar-refractivity contribution in [3.63, 3.8) is 0 Å². The molecular formula is CH2Na4O3S+2. The van der Waals surface area contributed by atoms with Crippen molar-refractivity contribution >= 4 is 19.7 Å². The van der Waals surface area contributed by atoms with Gasteiger partial charge in [0.15, 0.2) is 0 Å². The largest absolute Gasteiger partial charge is 2.00 e. The van der Waals surface area contributed by atoms with Gasteiger partial charge in [0, 0.05) is 0 Å². The number of carboxylic acid groups (broad SMARTS) is 2. The molecule has 0 atom stereocenters. The van der Waals surface area contributed by atoms with Crippen molar-refractivity contribution < 1.29 is 133 Å². The van der Waals surface area contributed by atoms with Gasteiger partial charge in [0.05, 0.1) is 0 Å². The van der Waals surface area contributed by atoms with Crippen molar-refractivity contribution in [2.45, 2.75) is 0 Å². The van der Waals surface area contributed by atoms with E-state index in [-0.39, 0.29) is 132 Å². The van der Waals surface area contributed by atoms with E-state index in [2.05, 4.69) is 0 Å². The first kappa shape index (κ1) is 38.9. The van der Waals surface area contributed by atoms with Crippen LogP contribution in [0.2, 0.25) is 0 Å². The van der Waals surface area contributed by atoms with Crippen LogP contribution in [0.3, 0.4) is 0 Å². The second kappa shape index (κ2) is 29.9. The zero-order valence-corrected chi connectivity index (χ0v) is 15.0. The standard InChI is InChI=1S/CH2O3.4Na.S/c2-1(3)4;;;;;/h(H2,2,3,4);;;;;/q;4*+1;-2. The van der Waals surface area contributed by atoms with E-state index in [4.69, 9.17) is 15.0 Å². The predicted octanol–water partition coefficient (Wildman–Crippen LogP) is -11.8. The minimum atomic E-state index is -1.83. The van der Waals surface area contributed by atoms with Crippen LogP contribution in [0.15, 0.2) is 0 Å². The minimum absolute atomic E-state index is 0. The first-order valence-corrected chi connectivity index (χ1v) is 0.651. The van der Waals surface area contributed by atoms with Crippen LogP contribution in [-0.4, -0.2) is 16.4 Å². The third-order valence-electron chi connectivity index (χ3n) is 0. The SMILES string of the molecule is O=C(O)O.[Na+].[Na+].[Na+].[Na+].[S-2]. The van der Waals surface area contributed by atoms with Crippen molar-refractivity contribution in [3.05, 3.63) is 0 Å². The molecule has 9 heavy (non-hydrogen) atoms. The molecule has 32 valence electrons. The Morgan fingerprint density at radius 3 is 0.889 bits per heavy atom. The Kier molecular flexibility index (Phi) is 129. The summed E-state index contributed by atoms with van der Waals surface area (Å²) in [6, 6.07) is 0. The summed E-state index contributed by atoms with van der Waals surface area (Å²) >= 11 is 0. The van der Waals surface area contributed by atoms with Gasteiger partial charge in [-0.1, -0.05) is 0 Å². The summed E-state index contributed by atoms with van der Waals surface area (Å²) < 4.78 is 0. The molecule has 0 heterocycles. The first-order valence-electron chi connectivity index (χ1n) is 0.651. The molecule has 0 saturated heterocycles. The summed E-state index contributed by atoms with van der Waals surface area (Å²) in [5.74, 6) is 0. The van der Waals surface area contributed by atoms with Crippen molar-refractivity contribution in [2.75, 3.05) is 0 Å². The molecule has 8 heteroatoms. The Labute approximate surface area is 149 Å². The second-order valence-corrected chi connectivity index (χ2v) is 0.283. The third kappa shape index (κ3) is 82.1. The van der Waals surface area contributed by atoms with Gasteiger partial charge in [0.25, 0.3) is 0 Å². The van der Waals surface area contributed by atoms with Gasteiger partial charge in [-0.2, -0.15) is 0 Å². The molecule has 0 spiro atoms. The number of hydrogen-bond acceptors (Lipinski definition) is 1. The molecule has 0 aromatic carbocycles. The molecule has 0 saturated carbocycles. The fraction of sp³-hybridized carbons (Fsp3) is 0. The van der Waals surface area contributed by atoms with Crippen LogP contribution < -0.4 is 118 Å². The summed E-state index contributed by atoms with van der Waals surface area (Å²) in [5, 5.41) is 13.9. The van der Waals surface area contributed by atoms with Crippen molar-refractivity contribution in [3.8, 4) is 0 Å². The molecule has 0 amide bonds. The molecule has 0 rings (SSSR count). The van der Waals surface area contributed by atoms with Crippen molar-refractivity contribution in [1.82, 2.24) is 0 Å². The summed E-state index contributed by atoms with van der Waals surface area (Å²) in [7, 11) is 0. The predicted molar refractivity (Wildman–Crippen MR) is 18.0 cm³/mol. The number of hydrogen-bond donors (Lipinski definition) is 2. The average Bonchev–Trinajstić information content (AvgIpc) is 0.811. The van der Waals surface area contributed by atoms with Crippen molar-refractivity contribution in [2.24, 2.45) is 0 Å². The Bertz CT molecular complexity index is 38.8. The first-order chi connectivity index (χ1) is 1.73. The summed E-state index contributed by atoms with van der Waals surface area (Å²) in [6.45, 7) is 0. The zero-order chi connectivity index (χ0) is 3.58. The molecular weight excluding hydrogens is 184 g/mol.